The molecular weight excluding hydrogens is 687 g/mol. The minimum absolute atomic E-state index is 0.307. The third-order valence-electron chi connectivity index (χ3n) is 16.9. The Morgan fingerprint density at radius 3 is 1.30 bits per heavy atom. The van der Waals surface area contributed by atoms with E-state index in [0.29, 0.717) is 14.5 Å². The number of fused-ring (bicyclic) bond motifs is 2. The summed E-state index contributed by atoms with van der Waals surface area (Å²) in [6.45, 7) is 0. The fourth-order valence-electron chi connectivity index (χ4n) is 12.9. The van der Waals surface area contributed by atoms with Gasteiger partial charge in [-0.3, -0.25) is 0 Å². The summed E-state index contributed by atoms with van der Waals surface area (Å²) >= 11 is -10.6. The van der Waals surface area contributed by atoms with E-state index in [4.69, 9.17) is 8.42 Å². The van der Waals surface area contributed by atoms with Crippen molar-refractivity contribution in [3.05, 3.63) is 130 Å². The molecule has 2 heteroatoms. The van der Waals surface area contributed by atoms with Gasteiger partial charge in [0.25, 0.3) is 0 Å². The van der Waals surface area contributed by atoms with Crippen LogP contribution in [0.1, 0.15) is 80.9 Å². The van der Waals surface area contributed by atoms with Crippen molar-refractivity contribution in [2.24, 2.45) is 0 Å². The Morgan fingerprint density at radius 1 is 0.477 bits per heavy atom. The zero-order chi connectivity index (χ0) is 30.7. The first-order chi connectivity index (χ1) is 20.8. The van der Waals surface area contributed by atoms with Gasteiger partial charge in [0, 0.05) is 0 Å². The molecule has 0 saturated carbocycles. The standard InChI is InChI=1S/2C9H11.2C9H7.4CH3.2CH2.2Zr/c4*1-2-5-9-7-3-6-8(9)4-1;;;;;;;;/h2*3,6-7H,1-2,4-5H2;2*1-7H;4*1H3;2*1H2;;. The third-order valence-corrected chi connectivity index (χ3v) is 190. The predicted octanol–water partition coefficient (Wildman–Crippen LogP) is 12.4. The van der Waals surface area contributed by atoms with Crippen LogP contribution in [-0.4, -0.2) is 8.42 Å². The van der Waals surface area contributed by atoms with Crippen LogP contribution in [0.25, 0.3) is 12.2 Å². The van der Waals surface area contributed by atoms with Gasteiger partial charge in [-0.15, -0.1) is 0 Å². The van der Waals surface area contributed by atoms with Crippen molar-refractivity contribution in [1.82, 2.24) is 0 Å². The van der Waals surface area contributed by atoms with E-state index in [0.717, 1.165) is 0 Å². The van der Waals surface area contributed by atoms with Crippen molar-refractivity contribution in [3.8, 4) is 0 Å². The fourth-order valence-corrected chi connectivity index (χ4v) is 135. The summed E-state index contributed by atoms with van der Waals surface area (Å²) < 4.78 is 25.4. The summed E-state index contributed by atoms with van der Waals surface area (Å²) in [6, 6.07) is 18.6. The van der Waals surface area contributed by atoms with E-state index in [1.165, 1.54) is 73.6 Å². The van der Waals surface area contributed by atoms with Gasteiger partial charge in [-0.25, -0.2) is 0 Å². The van der Waals surface area contributed by atoms with E-state index < -0.39 is 24.0 Å². The fraction of sp³-hybridized carbons (Fsp3) is 0.381. The molecule has 0 fully saturated rings. The predicted molar refractivity (Wildman–Crippen MR) is 191 cm³/mol. The van der Waals surface area contributed by atoms with Crippen molar-refractivity contribution in [2.45, 2.75) is 84.4 Å². The van der Waals surface area contributed by atoms with Gasteiger partial charge in [0.15, 0.2) is 0 Å². The van der Waals surface area contributed by atoms with E-state index >= 15 is 0 Å². The molecule has 0 amide bonds. The van der Waals surface area contributed by atoms with E-state index in [-0.39, 0.29) is 0 Å². The summed E-state index contributed by atoms with van der Waals surface area (Å²) in [5.74, 6) is 0. The Hall–Kier alpha value is -1.61. The maximum atomic E-state index is 6.22. The van der Waals surface area contributed by atoms with Crippen LogP contribution in [-0.2, 0) is 24.0 Å². The first kappa shape index (κ1) is 29.8. The second kappa shape index (κ2) is 8.64. The van der Waals surface area contributed by atoms with Gasteiger partial charge in [-0.1, -0.05) is 0 Å². The first-order valence-corrected chi connectivity index (χ1v) is 45.1. The van der Waals surface area contributed by atoms with Crippen LogP contribution in [0.15, 0.2) is 107 Å². The average Bonchev–Trinajstić information content (AvgIpc) is 3.81. The Morgan fingerprint density at radius 2 is 0.841 bits per heavy atom. The molecular formula is C42H52Zr2. The van der Waals surface area contributed by atoms with E-state index in [2.05, 4.69) is 116 Å². The number of hydrogen-bond acceptors (Lipinski definition) is 0. The van der Waals surface area contributed by atoms with Crippen LogP contribution in [0, 0.1) is 0 Å². The number of hydrogen-bond donors (Lipinski definition) is 0. The van der Waals surface area contributed by atoms with Crippen LogP contribution >= 0.6 is 0 Å². The van der Waals surface area contributed by atoms with Crippen LogP contribution in [0.5, 0.6) is 0 Å². The second-order valence-corrected chi connectivity index (χ2v) is 120. The molecule has 4 unspecified atom stereocenters. The van der Waals surface area contributed by atoms with Crippen LogP contribution in [0.2, 0.25) is 25.8 Å². The molecule has 44 heavy (non-hydrogen) atoms. The van der Waals surface area contributed by atoms with Gasteiger partial charge in [-0.2, -0.15) is 0 Å². The molecule has 0 aromatic heterocycles. The summed E-state index contributed by atoms with van der Waals surface area (Å²) in [6.07, 6.45) is 31.1. The quantitative estimate of drug-likeness (QED) is 0.287. The van der Waals surface area contributed by atoms with Crippen LogP contribution in [0.4, 0.5) is 0 Å². The molecule has 0 aliphatic heterocycles. The Bertz CT molecular complexity index is 1910. The number of benzene rings is 2. The number of rotatable bonds is 5. The van der Waals surface area contributed by atoms with Crippen molar-refractivity contribution in [3.63, 3.8) is 0 Å². The Kier molecular flexibility index (Phi) is 5.85. The minimum atomic E-state index is -5.32. The summed E-state index contributed by atoms with van der Waals surface area (Å²) in [7, 11) is 0. The molecule has 6 aliphatic carbocycles. The molecule has 8 rings (SSSR count). The Balaban J connectivity index is 1.58. The summed E-state index contributed by atoms with van der Waals surface area (Å²) in [4.78, 5) is 0. The maximum absolute atomic E-state index is 6.22. The van der Waals surface area contributed by atoms with Gasteiger partial charge in [-0.05, 0) is 0 Å². The molecule has 0 heterocycles. The van der Waals surface area contributed by atoms with Gasteiger partial charge in [0.2, 0.25) is 0 Å². The molecule has 2 aromatic carbocycles. The van der Waals surface area contributed by atoms with E-state index in [9.17, 15) is 0 Å². The van der Waals surface area contributed by atoms with E-state index in [1.54, 1.807) is 22.3 Å². The third kappa shape index (κ3) is 3.05. The number of allylic oxidation sites excluding steroid dienone is 10. The molecule has 0 N–H and O–H groups in total. The molecule has 4 atom stereocenters. The zero-order valence-electron chi connectivity index (χ0n) is 27.6. The molecule has 0 nitrogen and oxygen atoms in total. The van der Waals surface area contributed by atoms with Gasteiger partial charge in [0.05, 0.1) is 0 Å². The SMILES string of the molecule is [CH2]=[Zr]([CH3])([CH3])([CH]1C=CC2=C1CCCC2)([CH]1C=CC2=C1CCCC2)[Zr](=[CH2])([CH3])([CH3])([CH]1C=Cc2ccccc21)[CH]1C=Cc2ccccc21. The normalized spacial score (nSPS) is 30.4. The van der Waals surface area contributed by atoms with Crippen molar-refractivity contribution in [2.75, 3.05) is 0 Å². The molecule has 0 radical (unpaired) electrons. The monoisotopic (exact) mass is 736 g/mol. The molecule has 0 bridgehead atoms. The summed E-state index contributed by atoms with van der Waals surface area (Å²) in [5.41, 5.74) is 12.7. The summed E-state index contributed by atoms with van der Waals surface area (Å²) in [5, 5.41) is 0. The van der Waals surface area contributed by atoms with Crippen molar-refractivity contribution >= 4 is 20.6 Å². The average molecular weight is 739 g/mol. The molecule has 0 spiro atoms. The van der Waals surface area contributed by atoms with Crippen LogP contribution in [0.3, 0.4) is 0 Å². The molecule has 228 valence electrons. The first-order valence-electron chi connectivity index (χ1n) is 17.7. The van der Waals surface area contributed by atoms with Crippen molar-refractivity contribution in [1.29, 1.82) is 0 Å². The van der Waals surface area contributed by atoms with Gasteiger partial charge >= 0.3 is 259 Å². The zero-order valence-corrected chi connectivity index (χ0v) is 32.5. The molecule has 6 aliphatic rings. The van der Waals surface area contributed by atoms with E-state index in [1.807, 2.05) is 0 Å². The van der Waals surface area contributed by atoms with Crippen molar-refractivity contribution < 1.29 is 24.0 Å². The van der Waals surface area contributed by atoms with Crippen LogP contribution < -0.4 is 0 Å². The van der Waals surface area contributed by atoms with Gasteiger partial charge in [0.1, 0.15) is 0 Å². The topological polar surface area (TPSA) is 0 Å². The second-order valence-electron chi connectivity index (χ2n) is 18.9. The molecule has 2 aromatic rings. The van der Waals surface area contributed by atoms with Gasteiger partial charge < -0.3 is 0 Å². The Labute approximate surface area is 256 Å². The molecule has 0 saturated heterocycles.